The fraction of sp³-hybridized carbons (Fsp3) is 0.250. The van der Waals surface area contributed by atoms with Crippen molar-refractivity contribution in [2.75, 3.05) is 0 Å². The summed E-state index contributed by atoms with van der Waals surface area (Å²) in [6, 6.07) is 13.7. The molecule has 0 saturated heterocycles. The second kappa shape index (κ2) is 12.5. The van der Waals surface area contributed by atoms with Crippen LogP contribution in [0.15, 0.2) is 69.1 Å². The first-order valence-electron chi connectivity index (χ1n) is 10.2. The molecule has 3 N–H and O–H groups in total. The van der Waals surface area contributed by atoms with Crippen molar-refractivity contribution in [1.29, 1.82) is 0 Å². The van der Waals surface area contributed by atoms with Crippen LogP contribution < -0.4 is 0 Å². The number of hydrogen-bond donors (Lipinski definition) is 3. The molecule has 0 bridgehead atoms. The molecule has 0 heterocycles. The van der Waals surface area contributed by atoms with Crippen molar-refractivity contribution in [3.63, 3.8) is 0 Å². The van der Waals surface area contributed by atoms with E-state index in [1.165, 1.54) is 11.8 Å². The maximum absolute atomic E-state index is 12.5. The lowest BCUT2D eigenvalue weighted by molar-refractivity contribution is -0.140. The lowest BCUT2D eigenvalue weighted by Gasteiger charge is -2.06. The van der Waals surface area contributed by atoms with Gasteiger partial charge in [-0.25, -0.2) is 9.59 Å². The Morgan fingerprint density at radius 3 is 1.94 bits per heavy atom. The number of aliphatic carboxylic acids is 2. The van der Waals surface area contributed by atoms with Gasteiger partial charge in [0.15, 0.2) is 0 Å². The molecule has 0 atom stereocenters. The van der Waals surface area contributed by atoms with Gasteiger partial charge in [0.25, 0.3) is 0 Å². The zero-order valence-corrected chi connectivity index (χ0v) is 18.5. The molecule has 2 aromatic rings. The first kappa shape index (κ1) is 24.9. The normalized spacial score (nSPS) is 11.1. The third-order valence-electron chi connectivity index (χ3n) is 4.65. The standard InChI is InChI=1S/C24H25NO6S/c1-2-3-4-5-6-21(25-31)22(26)17-9-13-19(14-10-17)32-18-11-7-16(8-12-18)15-20(23(27)28)24(29)30/h7-15,31H,2-6H2,1H3,(H,27,28)(H,29,30). The Bertz CT molecular complexity index is 994. The van der Waals surface area contributed by atoms with Crippen molar-refractivity contribution in [2.24, 2.45) is 5.16 Å². The zero-order valence-electron chi connectivity index (χ0n) is 17.7. The van der Waals surface area contributed by atoms with Crippen LogP contribution in [-0.2, 0) is 9.59 Å². The summed E-state index contributed by atoms with van der Waals surface area (Å²) in [7, 11) is 0. The van der Waals surface area contributed by atoms with Crippen LogP contribution in [0, 0.1) is 0 Å². The summed E-state index contributed by atoms with van der Waals surface area (Å²) in [4.78, 5) is 36.2. The number of nitrogens with zero attached hydrogens (tertiary/aromatic N) is 1. The number of oxime groups is 1. The minimum atomic E-state index is -1.50. The monoisotopic (exact) mass is 455 g/mol. The number of carbonyl (C=O) groups excluding carboxylic acids is 1. The van der Waals surface area contributed by atoms with Crippen molar-refractivity contribution in [3.05, 3.63) is 65.2 Å². The molecule has 0 radical (unpaired) electrons. The molecular formula is C24H25NO6S. The van der Waals surface area contributed by atoms with Crippen LogP contribution in [0.3, 0.4) is 0 Å². The van der Waals surface area contributed by atoms with E-state index >= 15 is 0 Å². The number of hydrogen-bond acceptors (Lipinski definition) is 6. The molecule has 0 aliphatic rings. The molecule has 0 unspecified atom stereocenters. The summed E-state index contributed by atoms with van der Waals surface area (Å²) in [6.07, 6.45) is 5.50. The van der Waals surface area contributed by atoms with Gasteiger partial charge in [-0.3, -0.25) is 4.79 Å². The predicted octanol–water partition coefficient (Wildman–Crippen LogP) is 5.37. The maximum atomic E-state index is 12.5. The van der Waals surface area contributed by atoms with Crippen LogP contribution in [0.4, 0.5) is 0 Å². The average molecular weight is 456 g/mol. The first-order chi connectivity index (χ1) is 15.3. The van der Waals surface area contributed by atoms with Crippen LogP contribution in [0.5, 0.6) is 0 Å². The summed E-state index contributed by atoms with van der Waals surface area (Å²) >= 11 is 1.44. The Kier molecular flexibility index (Phi) is 9.69. The SMILES string of the molecule is CCCCCCC(=NO)C(=O)c1ccc(Sc2ccc(C=C(C(=O)O)C(=O)O)cc2)cc1. The second-order valence-electron chi connectivity index (χ2n) is 7.05. The van der Waals surface area contributed by atoms with Crippen molar-refractivity contribution in [2.45, 2.75) is 48.8 Å². The number of carboxylic acids is 2. The molecule has 0 saturated carbocycles. The fourth-order valence-corrected chi connectivity index (χ4v) is 3.74. The van der Waals surface area contributed by atoms with Crippen LogP contribution in [0.25, 0.3) is 6.08 Å². The molecule has 0 amide bonds. The Hall–Kier alpha value is -3.39. The Labute approximate surface area is 190 Å². The van der Waals surface area contributed by atoms with Crippen LogP contribution in [0.1, 0.15) is 54.9 Å². The molecule has 7 nitrogen and oxygen atoms in total. The molecule has 0 fully saturated rings. The molecule has 32 heavy (non-hydrogen) atoms. The van der Waals surface area contributed by atoms with Gasteiger partial charge in [0.05, 0.1) is 0 Å². The minimum absolute atomic E-state index is 0.159. The molecule has 0 aromatic heterocycles. The molecular weight excluding hydrogens is 430 g/mol. The molecule has 2 aromatic carbocycles. The van der Waals surface area contributed by atoms with Gasteiger partial charge in [-0.15, -0.1) is 0 Å². The molecule has 0 aliphatic heterocycles. The highest BCUT2D eigenvalue weighted by molar-refractivity contribution is 7.99. The van der Waals surface area contributed by atoms with E-state index in [0.717, 1.165) is 41.6 Å². The number of carbonyl (C=O) groups is 3. The third-order valence-corrected chi connectivity index (χ3v) is 5.67. The highest BCUT2D eigenvalue weighted by atomic mass is 32.2. The second-order valence-corrected chi connectivity index (χ2v) is 8.20. The van der Waals surface area contributed by atoms with Gasteiger partial charge < -0.3 is 15.4 Å². The van der Waals surface area contributed by atoms with Gasteiger partial charge in [0.2, 0.25) is 5.78 Å². The van der Waals surface area contributed by atoms with Crippen molar-refractivity contribution < 1.29 is 29.8 Å². The summed E-state index contributed by atoms with van der Waals surface area (Å²) in [6.45, 7) is 2.10. The van der Waals surface area contributed by atoms with Crippen molar-refractivity contribution >= 4 is 41.3 Å². The smallest absolute Gasteiger partial charge is 0.343 e. The molecule has 168 valence electrons. The molecule has 2 rings (SSSR count). The van der Waals surface area contributed by atoms with E-state index in [-0.39, 0.29) is 11.5 Å². The topological polar surface area (TPSA) is 124 Å². The highest BCUT2D eigenvalue weighted by Crippen LogP contribution is 2.28. The Balaban J connectivity index is 2.03. The summed E-state index contributed by atoms with van der Waals surface area (Å²) < 4.78 is 0. The molecule has 0 aliphatic carbocycles. The molecule has 8 heteroatoms. The number of benzene rings is 2. The van der Waals surface area contributed by atoms with Gasteiger partial charge in [0.1, 0.15) is 11.3 Å². The van der Waals surface area contributed by atoms with Gasteiger partial charge >= 0.3 is 11.9 Å². The third kappa shape index (κ3) is 7.39. The average Bonchev–Trinajstić information content (AvgIpc) is 2.78. The summed E-state index contributed by atoms with van der Waals surface area (Å²) in [5, 5.41) is 30.2. The Morgan fingerprint density at radius 2 is 1.44 bits per heavy atom. The van der Waals surface area contributed by atoms with Crippen LogP contribution in [-0.4, -0.2) is 38.9 Å². The number of unbranched alkanes of at least 4 members (excludes halogenated alkanes) is 3. The maximum Gasteiger partial charge on any atom is 0.343 e. The fourth-order valence-electron chi connectivity index (χ4n) is 2.92. The first-order valence-corrected chi connectivity index (χ1v) is 11.0. The number of Topliss-reactive ketones (excluding diaryl/α,β-unsaturated/α-hetero) is 1. The molecule has 0 spiro atoms. The largest absolute Gasteiger partial charge is 0.477 e. The number of ketones is 1. The minimum Gasteiger partial charge on any atom is -0.477 e. The predicted molar refractivity (Wildman–Crippen MR) is 123 cm³/mol. The van der Waals surface area contributed by atoms with Gasteiger partial charge in [0, 0.05) is 15.4 Å². The van der Waals surface area contributed by atoms with E-state index in [1.54, 1.807) is 48.5 Å². The van der Waals surface area contributed by atoms with E-state index < -0.39 is 17.5 Å². The number of carboxylic acid groups (broad SMARTS) is 2. The van der Waals surface area contributed by atoms with Crippen LogP contribution >= 0.6 is 11.8 Å². The van der Waals surface area contributed by atoms with Gasteiger partial charge in [-0.05, 0) is 60.9 Å². The summed E-state index contributed by atoms with van der Waals surface area (Å²) in [5.74, 6) is -3.29. The van der Waals surface area contributed by atoms with E-state index in [4.69, 9.17) is 10.2 Å². The van der Waals surface area contributed by atoms with E-state index in [0.29, 0.717) is 17.5 Å². The highest BCUT2D eigenvalue weighted by Gasteiger charge is 2.16. The van der Waals surface area contributed by atoms with E-state index in [9.17, 15) is 19.6 Å². The van der Waals surface area contributed by atoms with Crippen molar-refractivity contribution in [3.8, 4) is 0 Å². The lowest BCUT2D eigenvalue weighted by atomic mass is 10.0. The Morgan fingerprint density at radius 1 is 0.875 bits per heavy atom. The zero-order chi connectivity index (χ0) is 23.5. The van der Waals surface area contributed by atoms with E-state index in [1.807, 2.05) is 0 Å². The summed E-state index contributed by atoms with van der Waals surface area (Å²) in [5.41, 5.74) is 0.367. The lowest BCUT2D eigenvalue weighted by Crippen LogP contribution is -2.14. The number of rotatable bonds is 12. The van der Waals surface area contributed by atoms with Gasteiger partial charge in [-0.2, -0.15) is 0 Å². The van der Waals surface area contributed by atoms with Crippen molar-refractivity contribution in [1.82, 2.24) is 0 Å². The van der Waals surface area contributed by atoms with Crippen LogP contribution in [0.2, 0.25) is 0 Å². The quantitative estimate of drug-likeness (QED) is 0.0574. The van der Waals surface area contributed by atoms with E-state index in [2.05, 4.69) is 12.1 Å². The van der Waals surface area contributed by atoms with Gasteiger partial charge in [-0.1, -0.05) is 55.2 Å².